The average molecular weight is 560 g/mol. The number of imide groups is 1. The number of nitrogens with zero attached hydrogens (tertiary/aromatic N) is 1. The molecule has 35 heavy (non-hydrogen) atoms. The number of benzene rings is 2. The minimum Gasteiger partial charge on any atom is -0.490 e. The van der Waals surface area contributed by atoms with Crippen molar-refractivity contribution in [2.75, 3.05) is 19.8 Å². The first kappa shape index (κ1) is 26.6. The summed E-state index contributed by atoms with van der Waals surface area (Å²) in [5, 5.41) is -0.514. The van der Waals surface area contributed by atoms with Crippen LogP contribution in [0.5, 0.6) is 11.5 Å². The molecule has 0 unspecified atom stereocenters. The second kappa shape index (κ2) is 12.6. The second-order valence-corrected chi connectivity index (χ2v) is 9.33. The van der Waals surface area contributed by atoms with Crippen LogP contribution in [-0.2, 0) is 27.4 Å². The SMILES string of the molecule is C=CCc1cc(/C=C2\SC(=O)N(CC(=O)OCC)C2=O)cc(OCC)c1OCc1ccc(Br)cc1. The predicted octanol–water partition coefficient (Wildman–Crippen LogP) is 5.75. The molecule has 0 spiro atoms. The summed E-state index contributed by atoms with van der Waals surface area (Å²) in [5.41, 5.74) is 2.50. The number of ether oxygens (including phenoxy) is 3. The number of hydrogen-bond donors (Lipinski definition) is 0. The molecule has 0 aliphatic carbocycles. The van der Waals surface area contributed by atoms with E-state index in [0.29, 0.717) is 36.7 Å². The Hall–Kier alpha value is -3.04. The zero-order valence-corrected chi connectivity index (χ0v) is 21.9. The smallest absolute Gasteiger partial charge is 0.326 e. The molecule has 1 fully saturated rings. The molecule has 0 bridgehead atoms. The van der Waals surface area contributed by atoms with Gasteiger partial charge in [0, 0.05) is 10.0 Å². The molecule has 0 atom stereocenters. The van der Waals surface area contributed by atoms with Gasteiger partial charge in [-0.2, -0.15) is 0 Å². The highest BCUT2D eigenvalue weighted by Crippen LogP contribution is 2.37. The van der Waals surface area contributed by atoms with E-state index in [-0.39, 0.29) is 11.5 Å². The fraction of sp³-hybridized carbons (Fsp3) is 0.269. The molecule has 2 aromatic carbocycles. The number of rotatable bonds is 11. The van der Waals surface area contributed by atoms with E-state index < -0.39 is 23.7 Å². The minimum absolute atomic E-state index is 0.174. The molecule has 1 aliphatic rings. The van der Waals surface area contributed by atoms with Crippen LogP contribution in [0.3, 0.4) is 0 Å². The van der Waals surface area contributed by atoms with Crippen LogP contribution in [0, 0.1) is 0 Å². The lowest BCUT2D eigenvalue weighted by molar-refractivity contribution is -0.145. The van der Waals surface area contributed by atoms with Crippen LogP contribution in [-0.4, -0.2) is 41.8 Å². The van der Waals surface area contributed by atoms with Crippen LogP contribution in [0.25, 0.3) is 6.08 Å². The Morgan fingerprint density at radius 2 is 1.86 bits per heavy atom. The van der Waals surface area contributed by atoms with Crippen molar-refractivity contribution in [1.29, 1.82) is 0 Å². The molecule has 7 nitrogen and oxygen atoms in total. The normalized spacial score (nSPS) is 14.4. The molecule has 1 heterocycles. The van der Waals surface area contributed by atoms with Gasteiger partial charge >= 0.3 is 5.97 Å². The number of amides is 2. The van der Waals surface area contributed by atoms with Crippen LogP contribution < -0.4 is 9.47 Å². The van der Waals surface area contributed by atoms with Gasteiger partial charge in [-0.25, -0.2) is 0 Å². The Kier molecular flexibility index (Phi) is 9.56. The van der Waals surface area contributed by atoms with E-state index >= 15 is 0 Å². The molecule has 1 saturated heterocycles. The fourth-order valence-electron chi connectivity index (χ4n) is 3.36. The molecule has 3 rings (SSSR count). The Bertz CT molecular complexity index is 1150. The molecule has 0 saturated carbocycles. The maximum Gasteiger partial charge on any atom is 0.326 e. The lowest BCUT2D eigenvalue weighted by Gasteiger charge is -2.17. The predicted molar refractivity (Wildman–Crippen MR) is 139 cm³/mol. The Labute approximate surface area is 217 Å². The first-order valence-corrected chi connectivity index (χ1v) is 12.7. The maximum absolute atomic E-state index is 12.8. The van der Waals surface area contributed by atoms with E-state index in [1.165, 1.54) is 0 Å². The van der Waals surface area contributed by atoms with Crippen molar-refractivity contribution in [3.05, 3.63) is 75.1 Å². The summed E-state index contributed by atoms with van der Waals surface area (Å²) in [4.78, 5) is 38.0. The molecule has 0 aromatic heterocycles. The highest BCUT2D eigenvalue weighted by Gasteiger charge is 2.36. The zero-order valence-electron chi connectivity index (χ0n) is 19.5. The quantitative estimate of drug-likeness (QED) is 0.197. The summed E-state index contributed by atoms with van der Waals surface area (Å²) < 4.78 is 17.9. The molecule has 1 aliphatic heterocycles. The number of esters is 1. The van der Waals surface area contributed by atoms with Crippen molar-refractivity contribution >= 4 is 50.9 Å². The van der Waals surface area contributed by atoms with Gasteiger partial charge in [0.25, 0.3) is 11.1 Å². The van der Waals surface area contributed by atoms with Gasteiger partial charge in [-0.15, -0.1) is 6.58 Å². The largest absolute Gasteiger partial charge is 0.490 e. The summed E-state index contributed by atoms with van der Waals surface area (Å²) in [6, 6.07) is 11.5. The average Bonchev–Trinajstić information content (AvgIpc) is 3.07. The van der Waals surface area contributed by atoms with Gasteiger partial charge < -0.3 is 14.2 Å². The van der Waals surface area contributed by atoms with Crippen molar-refractivity contribution in [3.63, 3.8) is 0 Å². The zero-order chi connectivity index (χ0) is 25.4. The highest BCUT2D eigenvalue weighted by molar-refractivity contribution is 9.10. The van der Waals surface area contributed by atoms with Crippen LogP contribution in [0.2, 0.25) is 0 Å². The van der Waals surface area contributed by atoms with Crippen molar-refractivity contribution < 1.29 is 28.6 Å². The Morgan fingerprint density at radius 3 is 2.51 bits per heavy atom. The van der Waals surface area contributed by atoms with E-state index in [2.05, 4.69) is 22.5 Å². The summed E-state index contributed by atoms with van der Waals surface area (Å²) in [7, 11) is 0. The molecule has 9 heteroatoms. The molecule has 2 aromatic rings. The molecule has 0 radical (unpaired) electrons. The first-order valence-electron chi connectivity index (χ1n) is 11.0. The van der Waals surface area contributed by atoms with Crippen molar-refractivity contribution in [3.8, 4) is 11.5 Å². The van der Waals surface area contributed by atoms with E-state index in [1.54, 1.807) is 25.1 Å². The number of carbonyl (C=O) groups is 3. The fourth-order valence-corrected chi connectivity index (χ4v) is 4.46. The standard InChI is InChI=1S/C26H26BrNO6S/c1-4-7-19-12-18(14-22-25(30)28(26(31)35-22)15-23(29)33-6-3)13-21(32-5-2)24(19)34-16-17-8-10-20(27)11-9-17/h4,8-14H,1,5-7,15-16H2,2-3H3/b22-14-. The van der Waals surface area contributed by atoms with Gasteiger partial charge in [0.05, 0.1) is 18.1 Å². The topological polar surface area (TPSA) is 82.1 Å². The van der Waals surface area contributed by atoms with E-state index in [1.807, 2.05) is 37.3 Å². The van der Waals surface area contributed by atoms with Crippen molar-refractivity contribution in [1.82, 2.24) is 4.90 Å². The monoisotopic (exact) mass is 559 g/mol. The molecule has 0 N–H and O–H groups in total. The lowest BCUT2D eigenvalue weighted by Crippen LogP contribution is -2.34. The third kappa shape index (κ3) is 6.99. The van der Waals surface area contributed by atoms with E-state index in [4.69, 9.17) is 14.2 Å². The molecule has 2 amide bonds. The molecule has 184 valence electrons. The summed E-state index contributed by atoms with van der Waals surface area (Å²) in [6.07, 6.45) is 3.89. The van der Waals surface area contributed by atoms with Crippen LogP contribution in [0.4, 0.5) is 4.79 Å². The number of allylic oxidation sites excluding steroid dienone is 1. The van der Waals surface area contributed by atoms with Crippen LogP contribution in [0.1, 0.15) is 30.5 Å². The van der Waals surface area contributed by atoms with Crippen molar-refractivity contribution in [2.24, 2.45) is 0 Å². The van der Waals surface area contributed by atoms with Crippen molar-refractivity contribution in [2.45, 2.75) is 26.9 Å². The Morgan fingerprint density at radius 1 is 1.11 bits per heavy atom. The minimum atomic E-state index is -0.629. The third-order valence-corrected chi connectivity index (χ3v) is 6.31. The number of halogens is 1. The molecular formula is C26H26BrNO6S. The second-order valence-electron chi connectivity index (χ2n) is 7.42. The van der Waals surface area contributed by atoms with Gasteiger partial charge in [-0.3, -0.25) is 19.3 Å². The van der Waals surface area contributed by atoms with E-state index in [0.717, 1.165) is 32.3 Å². The number of hydrogen-bond acceptors (Lipinski definition) is 7. The first-order chi connectivity index (χ1) is 16.9. The Balaban J connectivity index is 1.89. The van der Waals surface area contributed by atoms with Gasteiger partial charge in [-0.1, -0.05) is 34.1 Å². The summed E-state index contributed by atoms with van der Waals surface area (Å²) in [6.45, 7) is 7.90. The van der Waals surface area contributed by atoms with Crippen LogP contribution in [0.15, 0.2) is 58.4 Å². The highest BCUT2D eigenvalue weighted by atomic mass is 79.9. The maximum atomic E-state index is 12.8. The van der Waals surface area contributed by atoms with Gasteiger partial charge in [-0.05, 0) is 73.5 Å². The number of thioether (sulfide) groups is 1. The molecular weight excluding hydrogens is 534 g/mol. The number of carbonyl (C=O) groups excluding carboxylic acids is 3. The third-order valence-electron chi connectivity index (χ3n) is 4.88. The summed E-state index contributed by atoms with van der Waals surface area (Å²) >= 11 is 4.21. The van der Waals surface area contributed by atoms with E-state index in [9.17, 15) is 14.4 Å². The lowest BCUT2D eigenvalue weighted by atomic mass is 10.0. The van der Waals surface area contributed by atoms with Crippen LogP contribution >= 0.6 is 27.7 Å². The summed E-state index contributed by atoms with van der Waals surface area (Å²) in [5.74, 6) is -0.0368. The van der Waals surface area contributed by atoms with Gasteiger partial charge in [0.15, 0.2) is 11.5 Å². The van der Waals surface area contributed by atoms with Gasteiger partial charge in [0.1, 0.15) is 13.2 Å². The van der Waals surface area contributed by atoms with Gasteiger partial charge in [0.2, 0.25) is 0 Å².